The third-order valence-corrected chi connectivity index (χ3v) is 4.95. The number of amides is 1. The smallest absolute Gasteiger partial charge is 0.244 e. The zero-order valence-electron chi connectivity index (χ0n) is 16.0. The van der Waals surface area contributed by atoms with Gasteiger partial charge in [0.1, 0.15) is 24.0 Å². The molecule has 1 amide bonds. The molecule has 0 radical (unpaired) electrons. The Morgan fingerprint density at radius 1 is 1.28 bits per heavy atom. The molecule has 3 rings (SSSR count). The summed E-state index contributed by atoms with van der Waals surface area (Å²) in [6.07, 6.45) is 3.00. The molecule has 0 bridgehead atoms. The number of rotatable bonds is 7. The maximum absolute atomic E-state index is 13.8. The van der Waals surface area contributed by atoms with Crippen molar-refractivity contribution in [3.8, 4) is 5.75 Å². The molecular weight excluding hydrogens is 394 g/mol. The van der Waals surface area contributed by atoms with Gasteiger partial charge in [-0.25, -0.2) is 13.8 Å². The number of hydrogen-bond acceptors (Lipinski definition) is 4. The van der Waals surface area contributed by atoms with Crippen molar-refractivity contribution in [3.05, 3.63) is 87.4 Å². The topological polar surface area (TPSA) is 51.2 Å². The van der Waals surface area contributed by atoms with Gasteiger partial charge in [0.25, 0.3) is 0 Å². The second kappa shape index (κ2) is 9.43. The molecule has 1 atom stereocenters. The van der Waals surface area contributed by atoms with Crippen molar-refractivity contribution in [3.63, 3.8) is 0 Å². The minimum Gasteiger partial charge on any atom is -0.487 e. The summed E-state index contributed by atoms with van der Waals surface area (Å²) < 4.78 is 32.6. The lowest BCUT2D eigenvalue weighted by atomic mass is 10.1. The molecular formula is C22H20F2N2O2S. The van der Waals surface area contributed by atoms with Gasteiger partial charge in [-0.1, -0.05) is 18.2 Å². The standard InChI is InChI=1S/C22H20F2N2O2S/c1-14(20-8-7-17(23)11-21(20)24)25-22(27)9-6-16-4-3-5-19(10-16)28-12-18-13-29-15(2)26-18/h3-11,13-14H,12H2,1-2H3,(H,25,27)/b9-6+. The fourth-order valence-electron chi connectivity index (χ4n) is 2.70. The van der Waals surface area contributed by atoms with Crippen LogP contribution >= 0.6 is 11.3 Å². The van der Waals surface area contributed by atoms with Gasteiger partial charge in [0, 0.05) is 23.1 Å². The minimum atomic E-state index is -0.693. The normalized spacial score (nSPS) is 12.1. The van der Waals surface area contributed by atoms with E-state index >= 15 is 0 Å². The number of carbonyl (C=O) groups is 1. The molecule has 2 aromatic carbocycles. The molecule has 0 saturated heterocycles. The summed E-state index contributed by atoms with van der Waals surface area (Å²) in [7, 11) is 0. The number of benzene rings is 2. The molecule has 150 valence electrons. The number of thiazole rings is 1. The summed E-state index contributed by atoms with van der Waals surface area (Å²) in [5.41, 5.74) is 1.88. The van der Waals surface area contributed by atoms with Gasteiger partial charge >= 0.3 is 0 Å². The first-order valence-corrected chi connectivity index (χ1v) is 9.86. The van der Waals surface area contributed by atoms with Crippen molar-refractivity contribution in [1.29, 1.82) is 0 Å². The number of nitrogens with one attached hydrogen (secondary N) is 1. The van der Waals surface area contributed by atoms with Gasteiger partial charge in [-0.05, 0) is 43.7 Å². The highest BCUT2D eigenvalue weighted by Gasteiger charge is 2.13. The highest BCUT2D eigenvalue weighted by atomic mass is 32.1. The average molecular weight is 414 g/mol. The predicted octanol–water partition coefficient (Wildman–Crippen LogP) is 5.20. The average Bonchev–Trinajstić information content (AvgIpc) is 3.10. The Kier molecular flexibility index (Phi) is 6.72. The molecule has 0 aliphatic rings. The van der Waals surface area contributed by atoms with Crippen LogP contribution in [0.3, 0.4) is 0 Å². The molecule has 29 heavy (non-hydrogen) atoms. The van der Waals surface area contributed by atoms with E-state index in [1.807, 2.05) is 36.6 Å². The molecule has 0 aliphatic carbocycles. The van der Waals surface area contributed by atoms with Crippen LogP contribution in [0.1, 0.15) is 34.8 Å². The zero-order valence-corrected chi connectivity index (χ0v) is 16.8. The van der Waals surface area contributed by atoms with Crippen LogP contribution < -0.4 is 10.1 Å². The van der Waals surface area contributed by atoms with Gasteiger partial charge in [-0.2, -0.15) is 0 Å². The van der Waals surface area contributed by atoms with E-state index in [-0.39, 0.29) is 11.5 Å². The number of nitrogens with zero attached hydrogens (tertiary/aromatic N) is 1. The lowest BCUT2D eigenvalue weighted by Crippen LogP contribution is -2.25. The Hall–Kier alpha value is -3.06. The van der Waals surface area contributed by atoms with Crippen molar-refractivity contribution in [2.45, 2.75) is 26.5 Å². The fraction of sp³-hybridized carbons (Fsp3) is 0.182. The molecule has 0 spiro atoms. The maximum atomic E-state index is 13.8. The first-order chi connectivity index (χ1) is 13.9. The number of halogens is 2. The van der Waals surface area contributed by atoms with Crippen LogP contribution in [0.15, 0.2) is 53.9 Å². The summed E-state index contributed by atoms with van der Waals surface area (Å²) in [6, 6.07) is 10.00. The van der Waals surface area contributed by atoms with Crippen LogP contribution in [0.4, 0.5) is 8.78 Å². The third kappa shape index (κ3) is 5.96. The van der Waals surface area contributed by atoms with Gasteiger partial charge < -0.3 is 10.1 Å². The highest BCUT2D eigenvalue weighted by Crippen LogP contribution is 2.19. The van der Waals surface area contributed by atoms with Crippen LogP contribution in [0.2, 0.25) is 0 Å². The zero-order chi connectivity index (χ0) is 20.8. The lowest BCUT2D eigenvalue weighted by molar-refractivity contribution is -0.117. The highest BCUT2D eigenvalue weighted by molar-refractivity contribution is 7.09. The Labute approximate surface area is 171 Å². The van der Waals surface area contributed by atoms with Crippen LogP contribution in [0.5, 0.6) is 5.75 Å². The van der Waals surface area contributed by atoms with Crippen molar-refractivity contribution < 1.29 is 18.3 Å². The predicted molar refractivity (Wildman–Crippen MR) is 110 cm³/mol. The molecule has 7 heteroatoms. The first kappa shape index (κ1) is 20.7. The Bertz CT molecular complexity index is 1030. The van der Waals surface area contributed by atoms with Crippen LogP contribution in [0, 0.1) is 18.6 Å². The Morgan fingerprint density at radius 3 is 2.83 bits per heavy atom. The van der Waals surface area contributed by atoms with E-state index in [9.17, 15) is 13.6 Å². The number of aromatic nitrogens is 1. The maximum Gasteiger partial charge on any atom is 0.244 e. The summed E-state index contributed by atoms with van der Waals surface area (Å²) in [5.74, 6) is -1.07. The van der Waals surface area contributed by atoms with Gasteiger partial charge in [0.15, 0.2) is 0 Å². The molecule has 0 aliphatic heterocycles. The molecule has 0 saturated carbocycles. The van der Waals surface area contributed by atoms with E-state index in [0.717, 1.165) is 28.4 Å². The molecule has 1 N–H and O–H groups in total. The number of ether oxygens (including phenoxy) is 1. The summed E-state index contributed by atoms with van der Waals surface area (Å²) in [4.78, 5) is 16.5. The van der Waals surface area contributed by atoms with E-state index in [2.05, 4.69) is 10.3 Å². The fourth-order valence-corrected chi connectivity index (χ4v) is 3.30. The Morgan fingerprint density at radius 2 is 2.10 bits per heavy atom. The molecule has 0 fully saturated rings. The van der Waals surface area contributed by atoms with Gasteiger partial charge in [-0.3, -0.25) is 4.79 Å². The van der Waals surface area contributed by atoms with E-state index in [1.165, 1.54) is 12.1 Å². The quantitative estimate of drug-likeness (QED) is 0.541. The van der Waals surface area contributed by atoms with Crippen molar-refractivity contribution >= 4 is 23.3 Å². The van der Waals surface area contributed by atoms with E-state index < -0.39 is 17.7 Å². The monoisotopic (exact) mass is 414 g/mol. The summed E-state index contributed by atoms with van der Waals surface area (Å²) in [6.45, 7) is 3.95. The summed E-state index contributed by atoms with van der Waals surface area (Å²) in [5, 5.41) is 5.60. The van der Waals surface area contributed by atoms with Gasteiger partial charge in [0.05, 0.1) is 16.7 Å². The molecule has 1 aromatic heterocycles. The van der Waals surface area contributed by atoms with E-state index in [1.54, 1.807) is 24.3 Å². The van der Waals surface area contributed by atoms with Crippen molar-refractivity contribution in [2.75, 3.05) is 0 Å². The second-order valence-corrected chi connectivity index (χ2v) is 7.51. The summed E-state index contributed by atoms with van der Waals surface area (Å²) >= 11 is 1.57. The van der Waals surface area contributed by atoms with Crippen molar-refractivity contribution in [2.24, 2.45) is 0 Å². The lowest BCUT2D eigenvalue weighted by Gasteiger charge is -2.13. The third-order valence-electron chi connectivity index (χ3n) is 4.13. The number of carbonyl (C=O) groups excluding carboxylic acids is 1. The molecule has 1 heterocycles. The van der Waals surface area contributed by atoms with Crippen LogP contribution in [0.25, 0.3) is 6.08 Å². The van der Waals surface area contributed by atoms with E-state index in [0.29, 0.717) is 12.4 Å². The van der Waals surface area contributed by atoms with Crippen LogP contribution in [-0.4, -0.2) is 10.9 Å². The van der Waals surface area contributed by atoms with Gasteiger partial charge in [-0.15, -0.1) is 11.3 Å². The number of aryl methyl sites for hydroxylation is 1. The molecule has 1 unspecified atom stereocenters. The Balaban J connectivity index is 1.58. The van der Waals surface area contributed by atoms with Crippen LogP contribution in [-0.2, 0) is 11.4 Å². The van der Waals surface area contributed by atoms with Gasteiger partial charge in [0.2, 0.25) is 5.91 Å². The van der Waals surface area contributed by atoms with E-state index in [4.69, 9.17) is 4.74 Å². The minimum absolute atomic E-state index is 0.223. The molecule has 3 aromatic rings. The van der Waals surface area contributed by atoms with Crippen molar-refractivity contribution in [1.82, 2.24) is 10.3 Å². The second-order valence-electron chi connectivity index (χ2n) is 6.45. The SMILES string of the molecule is Cc1nc(COc2cccc(/C=C/C(=O)NC(C)c3ccc(F)cc3F)c2)cs1. The number of hydrogen-bond donors (Lipinski definition) is 1. The molecule has 4 nitrogen and oxygen atoms in total. The first-order valence-electron chi connectivity index (χ1n) is 8.98. The largest absolute Gasteiger partial charge is 0.487 e.